The lowest BCUT2D eigenvalue weighted by Crippen LogP contribution is -2.10. The first-order chi connectivity index (χ1) is 13.4. The number of aryl methyl sites for hydroxylation is 1. The van der Waals surface area contributed by atoms with Gasteiger partial charge in [0, 0.05) is 17.0 Å². The minimum Gasteiger partial charge on any atom is -0.497 e. The Kier molecular flexibility index (Phi) is 5.40. The summed E-state index contributed by atoms with van der Waals surface area (Å²) < 4.78 is 5.20. The van der Waals surface area contributed by atoms with E-state index in [4.69, 9.17) is 10.1 Å². The molecule has 3 N–H and O–H groups in total. The van der Waals surface area contributed by atoms with Crippen molar-refractivity contribution in [2.24, 2.45) is 0 Å². The fourth-order valence-corrected chi connectivity index (χ4v) is 2.98. The zero-order valence-electron chi connectivity index (χ0n) is 15.9. The van der Waals surface area contributed by atoms with E-state index in [1.54, 1.807) is 26.2 Å². The third kappa shape index (κ3) is 4.01. The summed E-state index contributed by atoms with van der Waals surface area (Å²) in [5, 5.41) is 21.0. The van der Waals surface area contributed by atoms with E-state index in [0.29, 0.717) is 22.7 Å². The van der Waals surface area contributed by atoms with Gasteiger partial charge < -0.3 is 20.6 Å². The largest absolute Gasteiger partial charge is 0.497 e. The lowest BCUT2D eigenvalue weighted by molar-refractivity contribution is 0.0690. The normalized spacial score (nSPS) is 10.4. The predicted molar refractivity (Wildman–Crippen MR) is 110 cm³/mol. The molecule has 0 saturated heterocycles. The second-order valence-electron chi connectivity index (χ2n) is 6.43. The van der Waals surface area contributed by atoms with E-state index in [2.05, 4.69) is 10.3 Å². The van der Waals surface area contributed by atoms with Crippen molar-refractivity contribution in [2.45, 2.75) is 13.8 Å². The SMILES string of the molecule is COc1ccc(-c2cc(C(=O)O)nc(Nc3cccc(C)c3)c2C(C)=N)cc1. The number of carbonyl (C=O) groups is 1. The molecule has 0 atom stereocenters. The summed E-state index contributed by atoms with van der Waals surface area (Å²) in [6.07, 6.45) is 0. The molecule has 28 heavy (non-hydrogen) atoms. The second kappa shape index (κ2) is 7.92. The Morgan fingerprint density at radius 3 is 2.43 bits per heavy atom. The molecule has 1 heterocycles. The average Bonchev–Trinajstić information content (AvgIpc) is 2.67. The van der Waals surface area contributed by atoms with Crippen LogP contribution >= 0.6 is 0 Å². The number of rotatable bonds is 6. The second-order valence-corrected chi connectivity index (χ2v) is 6.43. The van der Waals surface area contributed by atoms with Crippen LogP contribution in [0.5, 0.6) is 5.75 Å². The molecular formula is C22H21N3O3. The van der Waals surface area contributed by atoms with E-state index in [1.807, 2.05) is 43.3 Å². The van der Waals surface area contributed by atoms with Gasteiger partial charge in [-0.05, 0) is 60.9 Å². The summed E-state index contributed by atoms with van der Waals surface area (Å²) in [6.45, 7) is 3.63. The van der Waals surface area contributed by atoms with Crippen LogP contribution < -0.4 is 10.1 Å². The monoisotopic (exact) mass is 375 g/mol. The molecule has 0 saturated carbocycles. The maximum atomic E-state index is 11.7. The van der Waals surface area contributed by atoms with E-state index >= 15 is 0 Å². The highest BCUT2D eigenvalue weighted by molar-refractivity contribution is 6.08. The number of nitrogens with zero attached hydrogens (tertiary/aromatic N) is 1. The number of methoxy groups -OCH3 is 1. The molecule has 0 spiro atoms. The molecule has 6 heteroatoms. The number of hydrogen-bond donors (Lipinski definition) is 3. The van der Waals surface area contributed by atoms with Crippen molar-refractivity contribution in [3.8, 4) is 16.9 Å². The maximum Gasteiger partial charge on any atom is 0.354 e. The number of aromatic carboxylic acids is 1. The van der Waals surface area contributed by atoms with Crippen LogP contribution in [0.2, 0.25) is 0 Å². The van der Waals surface area contributed by atoms with Crippen LogP contribution in [0.25, 0.3) is 11.1 Å². The van der Waals surface area contributed by atoms with E-state index < -0.39 is 5.97 Å². The van der Waals surface area contributed by atoms with Gasteiger partial charge in [-0.1, -0.05) is 24.3 Å². The Hall–Kier alpha value is -3.67. The molecule has 3 rings (SSSR count). The molecule has 0 unspecified atom stereocenters. The number of benzene rings is 2. The summed E-state index contributed by atoms with van der Waals surface area (Å²) in [5.41, 5.74) is 3.98. The quantitative estimate of drug-likeness (QED) is 0.533. The first-order valence-electron chi connectivity index (χ1n) is 8.71. The van der Waals surface area contributed by atoms with Crippen molar-refractivity contribution in [1.82, 2.24) is 4.98 Å². The summed E-state index contributed by atoms with van der Waals surface area (Å²) in [4.78, 5) is 15.9. The van der Waals surface area contributed by atoms with E-state index in [9.17, 15) is 9.90 Å². The van der Waals surface area contributed by atoms with Crippen molar-refractivity contribution >= 4 is 23.2 Å². The Morgan fingerprint density at radius 1 is 1.14 bits per heavy atom. The van der Waals surface area contributed by atoms with Gasteiger partial charge in [0.2, 0.25) is 0 Å². The van der Waals surface area contributed by atoms with Gasteiger partial charge in [-0.15, -0.1) is 0 Å². The summed E-state index contributed by atoms with van der Waals surface area (Å²) in [5.74, 6) is -0.0949. The molecule has 0 aliphatic rings. The third-order valence-electron chi connectivity index (χ3n) is 4.30. The number of ether oxygens (including phenoxy) is 1. The molecule has 3 aromatic rings. The van der Waals surface area contributed by atoms with E-state index in [-0.39, 0.29) is 11.4 Å². The molecule has 0 aliphatic carbocycles. The van der Waals surface area contributed by atoms with Gasteiger partial charge in [0.1, 0.15) is 11.6 Å². The van der Waals surface area contributed by atoms with Crippen LogP contribution in [-0.2, 0) is 0 Å². The average molecular weight is 375 g/mol. The van der Waals surface area contributed by atoms with Crippen LogP contribution in [-0.4, -0.2) is 28.9 Å². The predicted octanol–water partition coefficient (Wildman–Crippen LogP) is 4.90. The van der Waals surface area contributed by atoms with Crippen LogP contribution in [0.3, 0.4) is 0 Å². The number of aromatic nitrogens is 1. The number of pyridine rings is 1. The molecule has 142 valence electrons. The molecule has 0 radical (unpaired) electrons. The fraction of sp³-hybridized carbons (Fsp3) is 0.136. The minimum absolute atomic E-state index is 0.0917. The lowest BCUT2D eigenvalue weighted by atomic mass is 9.96. The first-order valence-corrected chi connectivity index (χ1v) is 8.71. The van der Waals surface area contributed by atoms with Crippen LogP contribution in [0, 0.1) is 12.3 Å². The number of anilines is 2. The molecule has 0 aliphatic heterocycles. The number of carboxylic acids is 1. The number of hydrogen-bond acceptors (Lipinski definition) is 5. The van der Waals surface area contributed by atoms with Gasteiger partial charge in [0.25, 0.3) is 0 Å². The van der Waals surface area contributed by atoms with Crippen molar-refractivity contribution < 1.29 is 14.6 Å². The van der Waals surface area contributed by atoms with Gasteiger partial charge in [0.05, 0.1) is 7.11 Å². The highest BCUT2D eigenvalue weighted by Crippen LogP contribution is 2.32. The topological polar surface area (TPSA) is 95.3 Å². The van der Waals surface area contributed by atoms with Gasteiger partial charge in [0.15, 0.2) is 5.69 Å². The molecule has 0 amide bonds. The molecular weight excluding hydrogens is 354 g/mol. The van der Waals surface area contributed by atoms with Gasteiger partial charge in [-0.2, -0.15) is 0 Å². The smallest absolute Gasteiger partial charge is 0.354 e. The number of nitrogens with one attached hydrogen (secondary N) is 2. The van der Waals surface area contributed by atoms with Crippen molar-refractivity contribution in [1.29, 1.82) is 5.41 Å². The summed E-state index contributed by atoms with van der Waals surface area (Å²) in [7, 11) is 1.58. The van der Waals surface area contributed by atoms with Gasteiger partial charge in [-0.3, -0.25) is 0 Å². The zero-order valence-corrected chi connectivity index (χ0v) is 15.9. The van der Waals surface area contributed by atoms with Crippen LogP contribution in [0.4, 0.5) is 11.5 Å². The van der Waals surface area contributed by atoms with Crippen molar-refractivity contribution in [3.63, 3.8) is 0 Å². The molecule has 6 nitrogen and oxygen atoms in total. The Labute approximate surface area is 163 Å². The Bertz CT molecular complexity index is 1040. The molecule has 2 aromatic carbocycles. The molecule has 0 bridgehead atoms. The van der Waals surface area contributed by atoms with Crippen LogP contribution in [0.1, 0.15) is 28.5 Å². The van der Waals surface area contributed by atoms with Gasteiger partial charge >= 0.3 is 5.97 Å². The molecule has 0 fully saturated rings. The standard InChI is InChI=1S/C22H21N3O3/c1-13-5-4-6-16(11-13)24-21-20(14(2)23)18(12-19(25-21)22(26)27)15-7-9-17(28-3)10-8-15/h4-12,23H,1-3H3,(H,24,25)(H,26,27). The first kappa shape index (κ1) is 19.1. The fourth-order valence-electron chi connectivity index (χ4n) is 2.98. The van der Waals surface area contributed by atoms with Gasteiger partial charge in [-0.25, -0.2) is 9.78 Å². The summed E-state index contributed by atoms with van der Waals surface area (Å²) in [6, 6.07) is 16.4. The number of carboxylic acid groups (broad SMARTS) is 1. The Morgan fingerprint density at radius 2 is 1.86 bits per heavy atom. The highest BCUT2D eigenvalue weighted by atomic mass is 16.5. The highest BCUT2D eigenvalue weighted by Gasteiger charge is 2.19. The maximum absolute atomic E-state index is 11.7. The summed E-state index contributed by atoms with van der Waals surface area (Å²) >= 11 is 0. The zero-order chi connectivity index (χ0) is 20.3. The van der Waals surface area contributed by atoms with Crippen LogP contribution in [0.15, 0.2) is 54.6 Å². The van der Waals surface area contributed by atoms with Crippen molar-refractivity contribution in [2.75, 3.05) is 12.4 Å². The van der Waals surface area contributed by atoms with E-state index in [1.165, 1.54) is 6.07 Å². The minimum atomic E-state index is -1.13. The Balaban J connectivity index is 2.20. The third-order valence-corrected chi connectivity index (χ3v) is 4.30. The van der Waals surface area contributed by atoms with Crippen molar-refractivity contribution in [3.05, 3.63) is 71.4 Å². The molecule has 1 aromatic heterocycles. The van der Waals surface area contributed by atoms with E-state index in [0.717, 1.165) is 16.8 Å². The lowest BCUT2D eigenvalue weighted by Gasteiger charge is -2.17.